The van der Waals surface area contributed by atoms with Gasteiger partial charge in [0.15, 0.2) is 0 Å². The van der Waals surface area contributed by atoms with Crippen LogP contribution in [0, 0.1) is 5.92 Å². The lowest BCUT2D eigenvalue weighted by molar-refractivity contribution is 0.415. The standard InChI is InChI=1S/C16H14N2O.C4H9NS/c1-19-13-7-8-14-15(9-10-17-16(14)11-13)18-12-5-3-2-4-6-12;6-5-3-4-1-2-4/h2-11H,1H3,(H,17,18);4-6H,1-3H2. The number of thiol groups is 1. The number of rotatable bonds is 5. The Kier molecular flexibility index (Phi) is 6.14. The minimum absolute atomic E-state index is 0.817. The molecule has 0 spiro atoms. The number of ether oxygens (including phenoxy) is 1. The monoisotopic (exact) mass is 353 g/mol. The number of benzene rings is 2. The Labute approximate surface area is 154 Å². The van der Waals surface area contributed by atoms with Gasteiger partial charge in [-0.25, -0.2) is 0 Å². The van der Waals surface area contributed by atoms with Crippen LogP contribution in [0.1, 0.15) is 12.8 Å². The van der Waals surface area contributed by atoms with Crippen LogP contribution in [0.25, 0.3) is 10.9 Å². The van der Waals surface area contributed by atoms with Crippen LogP contribution in [0.15, 0.2) is 60.8 Å². The minimum atomic E-state index is 0.817. The molecule has 25 heavy (non-hydrogen) atoms. The number of fused-ring (bicyclic) bond motifs is 1. The predicted molar refractivity (Wildman–Crippen MR) is 108 cm³/mol. The molecule has 0 saturated heterocycles. The summed E-state index contributed by atoms with van der Waals surface area (Å²) in [5.41, 5.74) is 3.02. The van der Waals surface area contributed by atoms with Crippen LogP contribution in [0.2, 0.25) is 0 Å². The number of hydrogen-bond donors (Lipinski definition) is 3. The highest BCUT2D eigenvalue weighted by Gasteiger charge is 2.19. The van der Waals surface area contributed by atoms with Crippen LogP contribution in [0.4, 0.5) is 11.4 Å². The first kappa shape index (κ1) is 17.6. The van der Waals surface area contributed by atoms with Crippen molar-refractivity contribution in [3.8, 4) is 5.75 Å². The first-order valence-corrected chi connectivity index (χ1v) is 8.86. The van der Waals surface area contributed by atoms with E-state index in [4.69, 9.17) is 4.74 Å². The van der Waals surface area contributed by atoms with Gasteiger partial charge in [-0.2, -0.15) is 0 Å². The van der Waals surface area contributed by atoms with Gasteiger partial charge in [-0.15, -0.1) is 0 Å². The molecule has 0 radical (unpaired) electrons. The maximum Gasteiger partial charge on any atom is 0.121 e. The van der Waals surface area contributed by atoms with Crippen LogP contribution in [0.3, 0.4) is 0 Å². The van der Waals surface area contributed by atoms with Crippen LogP contribution < -0.4 is 14.8 Å². The fourth-order valence-electron chi connectivity index (χ4n) is 2.49. The summed E-state index contributed by atoms with van der Waals surface area (Å²) in [6.07, 6.45) is 4.62. The normalized spacial score (nSPS) is 13.0. The second-order valence-electron chi connectivity index (χ2n) is 6.04. The maximum absolute atomic E-state index is 5.22. The molecule has 1 heterocycles. The van der Waals surface area contributed by atoms with Gasteiger partial charge in [0.25, 0.3) is 0 Å². The smallest absolute Gasteiger partial charge is 0.121 e. The van der Waals surface area contributed by atoms with Gasteiger partial charge in [-0.3, -0.25) is 9.71 Å². The molecule has 1 aliphatic rings. The zero-order valence-electron chi connectivity index (χ0n) is 14.3. The molecule has 2 N–H and O–H groups in total. The summed E-state index contributed by atoms with van der Waals surface area (Å²) in [5, 5.41) is 4.48. The molecule has 0 bridgehead atoms. The van der Waals surface area contributed by atoms with Gasteiger partial charge in [0.2, 0.25) is 0 Å². The fraction of sp³-hybridized carbons (Fsp3) is 0.250. The zero-order valence-corrected chi connectivity index (χ0v) is 15.2. The Morgan fingerprint density at radius 2 is 1.92 bits per heavy atom. The number of methoxy groups -OCH3 is 1. The molecule has 1 aromatic heterocycles. The number of nitrogens with one attached hydrogen (secondary N) is 2. The molecule has 0 atom stereocenters. The lowest BCUT2D eigenvalue weighted by atomic mass is 10.1. The highest BCUT2D eigenvalue weighted by Crippen LogP contribution is 2.28. The summed E-state index contributed by atoms with van der Waals surface area (Å²) in [6.45, 7) is 1.10. The Bertz CT molecular complexity index is 806. The molecular weight excluding hydrogens is 330 g/mol. The first-order chi connectivity index (χ1) is 12.3. The van der Waals surface area contributed by atoms with Gasteiger partial charge in [-0.1, -0.05) is 31.0 Å². The van der Waals surface area contributed by atoms with E-state index in [1.54, 1.807) is 13.3 Å². The van der Waals surface area contributed by atoms with Crippen molar-refractivity contribution in [1.29, 1.82) is 0 Å². The molecule has 0 amide bonds. The molecule has 0 unspecified atom stereocenters. The summed E-state index contributed by atoms with van der Waals surface area (Å²) in [7, 11) is 1.66. The van der Waals surface area contributed by atoms with Crippen LogP contribution in [-0.2, 0) is 0 Å². The van der Waals surface area contributed by atoms with E-state index in [0.29, 0.717) is 0 Å². The van der Waals surface area contributed by atoms with E-state index in [1.807, 2.05) is 54.6 Å². The third-order valence-corrected chi connectivity index (χ3v) is 4.26. The molecule has 4 nitrogen and oxygen atoms in total. The largest absolute Gasteiger partial charge is 0.497 e. The van der Waals surface area contributed by atoms with Crippen molar-refractivity contribution in [2.75, 3.05) is 19.0 Å². The molecule has 5 heteroatoms. The van der Waals surface area contributed by atoms with Crippen molar-refractivity contribution in [3.63, 3.8) is 0 Å². The lowest BCUT2D eigenvalue weighted by Crippen LogP contribution is -2.01. The van der Waals surface area contributed by atoms with Gasteiger partial charge in [-0.05, 0) is 49.1 Å². The van der Waals surface area contributed by atoms with Crippen molar-refractivity contribution in [3.05, 3.63) is 60.8 Å². The number of pyridine rings is 1. The van der Waals surface area contributed by atoms with Gasteiger partial charge < -0.3 is 10.1 Å². The molecule has 1 aliphatic carbocycles. The maximum atomic E-state index is 5.22. The number of hydrogen-bond acceptors (Lipinski definition) is 5. The Hall–Kier alpha value is -2.24. The molecule has 3 aromatic rings. The molecule has 2 aromatic carbocycles. The summed E-state index contributed by atoms with van der Waals surface area (Å²) < 4.78 is 8.04. The van der Waals surface area contributed by atoms with E-state index < -0.39 is 0 Å². The third kappa shape index (κ3) is 5.11. The lowest BCUT2D eigenvalue weighted by Gasteiger charge is -2.10. The fourth-order valence-corrected chi connectivity index (χ4v) is 2.75. The van der Waals surface area contributed by atoms with E-state index in [2.05, 4.69) is 27.8 Å². The highest BCUT2D eigenvalue weighted by molar-refractivity contribution is 7.78. The average Bonchev–Trinajstić information content (AvgIpc) is 3.47. The summed E-state index contributed by atoms with van der Waals surface area (Å²) in [4.78, 5) is 4.37. The number of aromatic nitrogens is 1. The van der Waals surface area contributed by atoms with Crippen molar-refractivity contribution in [2.24, 2.45) is 5.92 Å². The quantitative estimate of drug-likeness (QED) is 0.576. The topological polar surface area (TPSA) is 46.2 Å². The summed E-state index contributed by atoms with van der Waals surface area (Å²) in [5.74, 6) is 1.78. The average molecular weight is 353 g/mol. The summed E-state index contributed by atoms with van der Waals surface area (Å²) >= 11 is 3.85. The second kappa shape index (κ2) is 8.74. The second-order valence-corrected chi connectivity index (χ2v) is 6.35. The number of nitrogens with zero attached hydrogens (tertiary/aromatic N) is 1. The van der Waals surface area contributed by atoms with Gasteiger partial charge in [0.05, 0.1) is 12.6 Å². The predicted octanol–water partition coefficient (Wildman–Crippen LogP) is 4.82. The van der Waals surface area contributed by atoms with E-state index in [9.17, 15) is 0 Å². The van der Waals surface area contributed by atoms with E-state index >= 15 is 0 Å². The third-order valence-electron chi connectivity index (χ3n) is 4.08. The SMILES string of the molecule is COc1ccc2c(Nc3ccccc3)ccnc2c1.SNCC1CC1. The van der Waals surface area contributed by atoms with E-state index in [1.165, 1.54) is 12.8 Å². The molecule has 1 saturated carbocycles. The van der Waals surface area contributed by atoms with Crippen molar-refractivity contribution in [1.82, 2.24) is 9.71 Å². The number of para-hydroxylation sites is 1. The number of anilines is 2. The van der Waals surface area contributed by atoms with E-state index in [0.717, 1.165) is 40.5 Å². The van der Waals surface area contributed by atoms with Crippen LogP contribution in [-0.4, -0.2) is 18.6 Å². The highest BCUT2D eigenvalue weighted by atomic mass is 32.1. The zero-order chi connectivity index (χ0) is 17.5. The van der Waals surface area contributed by atoms with Crippen molar-refractivity contribution >= 4 is 35.1 Å². The first-order valence-electron chi connectivity index (χ1n) is 8.42. The van der Waals surface area contributed by atoms with Crippen molar-refractivity contribution in [2.45, 2.75) is 12.8 Å². The van der Waals surface area contributed by atoms with Gasteiger partial charge in [0.1, 0.15) is 5.75 Å². The molecule has 0 aliphatic heterocycles. The van der Waals surface area contributed by atoms with Gasteiger partial charge in [0, 0.05) is 35.6 Å². The molecule has 1 fully saturated rings. The molecular formula is C20H23N3OS. The Morgan fingerprint density at radius 1 is 1.12 bits per heavy atom. The van der Waals surface area contributed by atoms with Crippen LogP contribution >= 0.6 is 12.8 Å². The Morgan fingerprint density at radius 3 is 2.56 bits per heavy atom. The van der Waals surface area contributed by atoms with E-state index in [-0.39, 0.29) is 0 Å². The summed E-state index contributed by atoms with van der Waals surface area (Å²) in [6, 6.07) is 18.0. The molecule has 4 rings (SSSR count). The van der Waals surface area contributed by atoms with Crippen LogP contribution in [0.5, 0.6) is 5.75 Å². The minimum Gasteiger partial charge on any atom is -0.497 e. The van der Waals surface area contributed by atoms with Crippen molar-refractivity contribution < 1.29 is 4.74 Å². The Balaban J connectivity index is 0.000000258. The van der Waals surface area contributed by atoms with Gasteiger partial charge >= 0.3 is 0 Å². The molecule has 130 valence electrons.